The molecule has 1 aliphatic carbocycles. The van der Waals surface area contributed by atoms with E-state index in [1.54, 1.807) is 36.4 Å². The van der Waals surface area contributed by atoms with E-state index in [9.17, 15) is 41.4 Å². The Bertz CT molecular complexity index is 1750. The first-order valence-corrected chi connectivity index (χ1v) is 13.8. The van der Waals surface area contributed by atoms with Crippen LogP contribution in [0, 0.1) is 5.41 Å². The Labute approximate surface area is 259 Å². The van der Waals surface area contributed by atoms with Crippen LogP contribution in [0.3, 0.4) is 0 Å². The zero-order valence-electron chi connectivity index (χ0n) is 23.8. The quantitative estimate of drug-likeness (QED) is 0.185. The molecule has 0 saturated heterocycles. The van der Waals surface area contributed by atoms with Gasteiger partial charge in [-0.25, -0.2) is 4.79 Å². The summed E-state index contributed by atoms with van der Waals surface area (Å²) < 4.78 is 89.8. The number of benzene rings is 2. The Morgan fingerprint density at radius 1 is 0.957 bits per heavy atom. The van der Waals surface area contributed by atoms with Gasteiger partial charge in [-0.05, 0) is 18.9 Å². The minimum atomic E-state index is -5.08. The number of ether oxygens (including phenoxy) is 1. The summed E-state index contributed by atoms with van der Waals surface area (Å²) in [5, 5.41) is 38.1. The molecule has 4 aromatic rings. The first kappa shape index (κ1) is 33.4. The fourth-order valence-corrected chi connectivity index (χ4v) is 5.02. The molecule has 2 aromatic heterocycles. The van der Waals surface area contributed by atoms with Crippen molar-refractivity contribution in [3.63, 3.8) is 0 Å². The molecule has 2 aromatic carbocycles. The largest absolute Gasteiger partial charge is 0.491 e. The number of aliphatic hydroxyl groups excluding tert-OH is 1. The van der Waals surface area contributed by atoms with E-state index in [0.717, 1.165) is 6.42 Å². The number of aromatic nitrogens is 3. The number of halogens is 6. The highest BCUT2D eigenvalue weighted by Gasteiger charge is 2.45. The molecule has 0 unspecified atom stereocenters. The number of rotatable bonds is 7. The van der Waals surface area contributed by atoms with Crippen molar-refractivity contribution in [3.8, 4) is 40.0 Å². The second-order valence-electron chi connectivity index (χ2n) is 10.8. The van der Waals surface area contributed by atoms with Gasteiger partial charge in [-0.3, -0.25) is 4.79 Å². The summed E-state index contributed by atoms with van der Waals surface area (Å²) in [4.78, 5) is 24.6. The van der Waals surface area contributed by atoms with Crippen LogP contribution in [0.5, 0.6) is 5.75 Å². The lowest BCUT2D eigenvalue weighted by Gasteiger charge is -2.40. The zero-order valence-corrected chi connectivity index (χ0v) is 23.8. The van der Waals surface area contributed by atoms with E-state index in [4.69, 9.17) is 23.7 Å². The number of alkyl halides is 6. The molecule has 0 amide bonds. The second-order valence-corrected chi connectivity index (χ2v) is 10.8. The smallest absolute Gasteiger partial charge is 0.490 e. The van der Waals surface area contributed by atoms with Gasteiger partial charge in [0.2, 0.25) is 11.6 Å². The van der Waals surface area contributed by atoms with E-state index in [1.165, 1.54) is 12.1 Å². The first-order valence-electron chi connectivity index (χ1n) is 13.8. The van der Waals surface area contributed by atoms with Gasteiger partial charge in [0, 0.05) is 23.2 Å². The van der Waals surface area contributed by atoms with Crippen molar-refractivity contribution in [2.24, 2.45) is 5.41 Å². The first-order chi connectivity index (χ1) is 22.1. The van der Waals surface area contributed by atoms with Crippen LogP contribution in [-0.4, -0.2) is 67.9 Å². The molecule has 4 N–H and O–H groups in total. The third-order valence-corrected chi connectivity index (χ3v) is 7.74. The van der Waals surface area contributed by atoms with Crippen LogP contribution in [0.15, 0.2) is 57.6 Å². The van der Waals surface area contributed by atoms with Crippen LogP contribution in [0.25, 0.3) is 34.3 Å². The minimum absolute atomic E-state index is 0.0182. The summed E-state index contributed by atoms with van der Waals surface area (Å²) in [6.07, 6.45) is -8.85. The fourth-order valence-electron chi connectivity index (χ4n) is 5.02. The average Bonchev–Trinajstić information content (AvgIpc) is 3.66. The van der Waals surface area contributed by atoms with Crippen LogP contribution in [0.4, 0.5) is 26.3 Å². The normalized spacial score (nSPS) is 18.6. The summed E-state index contributed by atoms with van der Waals surface area (Å²) in [7, 11) is 0. The number of aliphatic carboxylic acids is 2. The van der Waals surface area contributed by atoms with Crippen molar-refractivity contribution in [2.75, 3.05) is 13.2 Å². The van der Waals surface area contributed by atoms with Crippen molar-refractivity contribution in [1.29, 1.82) is 0 Å². The molecule has 0 radical (unpaired) electrons. The molecule has 1 saturated carbocycles. The number of carboxylic acids is 2. The van der Waals surface area contributed by atoms with Gasteiger partial charge in [0.05, 0.1) is 11.5 Å². The van der Waals surface area contributed by atoms with Gasteiger partial charge in [0.25, 0.3) is 5.89 Å². The van der Waals surface area contributed by atoms with Crippen molar-refractivity contribution < 1.29 is 65.0 Å². The number of nitrogens with zero attached hydrogens (tertiary/aromatic N) is 3. The summed E-state index contributed by atoms with van der Waals surface area (Å²) in [5.41, 5.74) is -1.28. The molecule has 0 bridgehead atoms. The van der Waals surface area contributed by atoms with Crippen molar-refractivity contribution in [3.05, 3.63) is 59.7 Å². The van der Waals surface area contributed by atoms with Gasteiger partial charge in [-0.2, -0.15) is 31.3 Å². The van der Waals surface area contributed by atoms with Crippen molar-refractivity contribution in [1.82, 2.24) is 20.6 Å². The predicted octanol–water partition coefficient (Wildman–Crippen LogP) is 5.35. The SMILES string of the molecule is O=C(O)C(F)(F)F.O=C(O)C1(CN[C@@H]2COc3cc(-c4noc(-c5onc(-c6ccccc6)c5C(F)(F)F)n4)ccc3[C@@H]2O)CCC1. The highest BCUT2D eigenvalue weighted by Crippen LogP contribution is 2.44. The Hall–Kier alpha value is -4.97. The van der Waals surface area contributed by atoms with Gasteiger partial charge < -0.3 is 34.4 Å². The van der Waals surface area contributed by atoms with E-state index >= 15 is 0 Å². The molecule has 2 aliphatic rings. The van der Waals surface area contributed by atoms with Crippen molar-refractivity contribution in [2.45, 2.75) is 43.8 Å². The summed E-state index contributed by atoms with van der Waals surface area (Å²) in [6.45, 7) is 0.306. The number of carbonyl (C=O) groups is 2. The maximum absolute atomic E-state index is 14.0. The van der Waals surface area contributed by atoms with Crippen LogP contribution in [-0.2, 0) is 15.8 Å². The molecule has 1 aliphatic heterocycles. The highest BCUT2D eigenvalue weighted by atomic mass is 19.4. The van der Waals surface area contributed by atoms with E-state index in [0.29, 0.717) is 29.7 Å². The molecular weight excluding hydrogens is 646 g/mol. The number of hydrogen-bond donors (Lipinski definition) is 4. The Balaban J connectivity index is 0.000000559. The third-order valence-electron chi connectivity index (χ3n) is 7.74. The van der Waals surface area contributed by atoms with Crippen LogP contribution in [0.2, 0.25) is 0 Å². The van der Waals surface area contributed by atoms with Gasteiger partial charge in [-0.15, -0.1) is 0 Å². The molecule has 18 heteroatoms. The standard InChI is InChI=1S/C27H23F3N4O6.C2HF3O2/c28-27(29,30)19-20(14-5-2-1-3-6-14)33-39-22(19)24-32-23(34-40-24)15-7-8-16-18(11-15)38-12-17(21(16)35)31-13-26(25(36)37)9-4-10-26;3-2(4,5)1(6)7/h1-3,5-8,11,17,21,31,35H,4,9-10,12-13H2,(H,36,37);(H,6,7)/t17-,21+;/m1./s1. The Kier molecular flexibility index (Phi) is 9.00. The molecule has 12 nitrogen and oxygen atoms in total. The van der Waals surface area contributed by atoms with Gasteiger partial charge in [0.1, 0.15) is 29.7 Å². The predicted molar refractivity (Wildman–Crippen MR) is 146 cm³/mol. The molecule has 6 rings (SSSR count). The summed E-state index contributed by atoms with van der Waals surface area (Å²) in [5.74, 6) is -4.49. The Morgan fingerprint density at radius 3 is 2.21 bits per heavy atom. The summed E-state index contributed by atoms with van der Waals surface area (Å²) in [6, 6.07) is 12.0. The van der Waals surface area contributed by atoms with Gasteiger partial charge >= 0.3 is 24.3 Å². The van der Waals surface area contributed by atoms with Gasteiger partial charge in [0.15, 0.2) is 0 Å². The topological polar surface area (TPSA) is 181 Å². The molecule has 3 heterocycles. The van der Waals surface area contributed by atoms with Crippen LogP contribution >= 0.6 is 0 Å². The molecule has 47 heavy (non-hydrogen) atoms. The lowest BCUT2D eigenvalue weighted by atomic mass is 9.68. The van der Waals surface area contributed by atoms with E-state index in [2.05, 4.69) is 20.6 Å². The number of nitrogens with one attached hydrogen (secondary N) is 1. The maximum Gasteiger partial charge on any atom is 0.490 e. The third kappa shape index (κ3) is 6.92. The van der Waals surface area contributed by atoms with E-state index < -0.39 is 64.8 Å². The van der Waals surface area contributed by atoms with E-state index in [-0.39, 0.29) is 24.5 Å². The molecule has 2 atom stereocenters. The fraction of sp³-hybridized carbons (Fsp3) is 0.345. The number of hydrogen-bond acceptors (Lipinski definition) is 10. The van der Waals surface area contributed by atoms with Gasteiger partial charge in [-0.1, -0.05) is 59.2 Å². The molecule has 1 fully saturated rings. The molecule has 250 valence electrons. The second kappa shape index (κ2) is 12.7. The number of fused-ring (bicyclic) bond motifs is 1. The number of carboxylic acid groups (broad SMARTS) is 2. The lowest BCUT2D eigenvalue weighted by molar-refractivity contribution is -0.192. The number of aliphatic hydroxyl groups is 1. The van der Waals surface area contributed by atoms with Crippen LogP contribution in [0.1, 0.15) is 36.5 Å². The maximum atomic E-state index is 14.0. The minimum Gasteiger partial charge on any atom is -0.491 e. The van der Waals surface area contributed by atoms with Crippen molar-refractivity contribution >= 4 is 11.9 Å². The lowest BCUT2D eigenvalue weighted by Crippen LogP contribution is -2.52. The monoisotopic (exact) mass is 670 g/mol. The highest BCUT2D eigenvalue weighted by molar-refractivity contribution is 5.76. The summed E-state index contributed by atoms with van der Waals surface area (Å²) >= 11 is 0. The zero-order chi connectivity index (χ0) is 34.1. The molecule has 0 spiro atoms. The van der Waals surface area contributed by atoms with Crippen LogP contribution < -0.4 is 10.1 Å². The average molecular weight is 671 g/mol. The Morgan fingerprint density at radius 2 is 1.64 bits per heavy atom. The molecular formula is C29H24F6N4O8. The van der Waals surface area contributed by atoms with E-state index in [1.807, 2.05) is 0 Å².